The summed E-state index contributed by atoms with van der Waals surface area (Å²) in [5.41, 5.74) is 2.68. The Morgan fingerprint density at radius 3 is 2.38 bits per heavy atom. The number of nitrogens with one attached hydrogen (secondary N) is 2. The van der Waals surface area contributed by atoms with Gasteiger partial charge in [0.25, 0.3) is 5.91 Å². The van der Waals surface area contributed by atoms with E-state index in [-0.39, 0.29) is 17.8 Å². The van der Waals surface area contributed by atoms with Crippen molar-refractivity contribution in [3.63, 3.8) is 0 Å². The molecular formula is C26H25FN3OS+. The first-order valence-corrected chi connectivity index (χ1v) is 11.8. The fraction of sp³-hybridized carbons (Fsp3) is 0.231. The number of hydrogen-bond donors (Lipinski definition) is 2. The number of hydrogen-bond acceptors (Lipinski definition) is 3. The van der Waals surface area contributed by atoms with E-state index >= 15 is 0 Å². The summed E-state index contributed by atoms with van der Waals surface area (Å²) in [6.45, 7) is 1.80. The van der Waals surface area contributed by atoms with Gasteiger partial charge in [-0.3, -0.25) is 4.79 Å². The summed E-state index contributed by atoms with van der Waals surface area (Å²) in [6, 6.07) is 23.9. The number of fused-ring (bicyclic) bond motifs is 1. The highest BCUT2D eigenvalue weighted by atomic mass is 32.1. The number of anilines is 1. The first-order chi connectivity index (χ1) is 15.7. The van der Waals surface area contributed by atoms with Crippen LogP contribution < -0.4 is 10.2 Å². The van der Waals surface area contributed by atoms with Crippen molar-refractivity contribution < 1.29 is 14.1 Å². The number of quaternary nitrogens is 1. The third-order valence-electron chi connectivity index (χ3n) is 6.20. The normalized spacial score (nSPS) is 19.5. The second-order valence-corrected chi connectivity index (χ2v) is 9.35. The summed E-state index contributed by atoms with van der Waals surface area (Å²) < 4.78 is 14.5. The van der Waals surface area contributed by atoms with Crippen LogP contribution in [0.25, 0.3) is 10.2 Å². The largest absolute Gasteiger partial charge is 0.321 e. The Kier molecular flexibility index (Phi) is 5.97. The summed E-state index contributed by atoms with van der Waals surface area (Å²) >= 11 is 1.79. The predicted molar refractivity (Wildman–Crippen MR) is 127 cm³/mol. The van der Waals surface area contributed by atoms with Crippen LogP contribution in [0.5, 0.6) is 0 Å². The SMILES string of the molecule is O=C(Nc1ccc(F)cc1)[C@H](c1ccccc1)[NH+]1CCC(c2nc3ccccc3s2)CC1. The molecule has 2 N–H and O–H groups in total. The van der Waals surface area contributed by atoms with Crippen molar-refractivity contribution in [3.05, 3.63) is 95.3 Å². The molecule has 32 heavy (non-hydrogen) atoms. The zero-order chi connectivity index (χ0) is 21.9. The fourth-order valence-electron chi connectivity index (χ4n) is 4.55. The van der Waals surface area contributed by atoms with Gasteiger partial charge in [0.1, 0.15) is 5.82 Å². The molecule has 0 radical (unpaired) electrons. The first-order valence-electron chi connectivity index (χ1n) is 11.0. The molecule has 5 rings (SSSR count). The number of halogens is 1. The number of carbonyl (C=O) groups is 1. The van der Waals surface area contributed by atoms with E-state index in [1.807, 2.05) is 36.4 Å². The number of para-hydroxylation sites is 1. The monoisotopic (exact) mass is 446 g/mol. The highest BCUT2D eigenvalue weighted by molar-refractivity contribution is 7.18. The van der Waals surface area contributed by atoms with Crippen molar-refractivity contribution in [1.82, 2.24) is 4.98 Å². The van der Waals surface area contributed by atoms with Gasteiger partial charge in [0.2, 0.25) is 0 Å². The molecule has 0 saturated carbocycles. The molecule has 1 saturated heterocycles. The fourth-order valence-corrected chi connectivity index (χ4v) is 5.69. The molecule has 1 aliphatic rings. The standard InChI is InChI=1S/C26H24FN3OS/c27-20-10-12-21(13-11-20)28-25(31)24(18-6-2-1-3-7-18)30-16-14-19(15-17-30)26-29-22-8-4-5-9-23(22)32-26/h1-13,19,24H,14-17H2,(H,28,31)/p+1/t24-/m0/s1. The Morgan fingerprint density at radius 1 is 0.969 bits per heavy atom. The van der Waals surface area contributed by atoms with E-state index in [0.717, 1.165) is 37.0 Å². The van der Waals surface area contributed by atoms with Crippen LogP contribution in [-0.4, -0.2) is 24.0 Å². The molecule has 1 aliphatic heterocycles. The van der Waals surface area contributed by atoms with Gasteiger partial charge in [-0.05, 0) is 36.4 Å². The highest BCUT2D eigenvalue weighted by Gasteiger charge is 2.36. The average molecular weight is 447 g/mol. The Balaban J connectivity index is 1.33. The zero-order valence-corrected chi connectivity index (χ0v) is 18.4. The molecule has 6 heteroatoms. The van der Waals surface area contributed by atoms with E-state index < -0.39 is 0 Å². The maximum Gasteiger partial charge on any atom is 0.287 e. The van der Waals surface area contributed by atoms with Crippen LogP contribution in [0.2, 0.25) is 0 Å². The predicted octanol–water partition coefficient (Wildman–Crippen LogP) is 4.58. The quantitative estimate of drug-likeness (QED) is 0.472. The molecule has 4 nitrogen and oxygen atoms in total. The Hall–Kier alpha value is -3.09. The third-order valence-corrected chi connectivity index (χ3v) is 7.40. The number of amides is 1. The maximum absolute atomic E-state index is 13.3. The molecule has 1 aromatic heterocycles. The first kappa shape index (κ1) is 20.8. The Morgan fingerprint density at radius 2 is 1.66 bits per heavy atom. The van der Waals surface area contributed by atoms with E-state index in [4.69, 9.17) is 4.98 Å². The van der Waals surface area contributed by atoms with Crippen molar-refractivity contribution >= 4 is 33.1 Å². The van der Waals surface area contributed by atoms with Crippen molar-refractivity contribution in [1.29, 1.82) is 0 Å². The molecule has 2 heterocycles. The van der Waals surface area contributed by atoms with Gasteiger partial charge in [0.05, 0.1) is 28.3 Å². The van der Waals surface area contributed by atoms with E-state index in [2.05, 4.69) is 23.5 Å². The van der Waals surface area contributed by atoms with Crippen LogP contribution in [-0.2, 0) is 4.79 Å². The van der Waals surface area contributed by atoms with Gasteiger partial charge >= 0.3 is 0 Å². The minimum absolute atomic E-state index is 0.0590. The van der Waals surface area contributed by atoms with E-state index in [0.29, 0.717) is 11.6 Å². The van der Waals surface area contributed by atoms with Crippen LogP contribution in [0.1, 0.15) is 35.4 Å². The maximum atomic E-state index is 13.3. The smallest absolute Gasteiger partial charge is 0.287 e. The molecule has 4 aromatic rings. The van der Waals surface area contributed by atoms with Crippen LogP contribution in [0, 0.1) is 5.82 Å². The molecule has 1 amide bonds. The van der Waals surface area contributed by atoms with E-state index in [1.54, 1.807) is 23.5 Å². The average Bonchev–Trinajstić information content (AvgIpc) is 3.26. The van der Waals surface area contributed by atoms with Gasteiger partial charge in [0.15, 0.2) is 6.04 Å². The minimum atomic E-state index is -0.315. The summed E-state index contributed by atoms with van der Waals surface area (Å²) in [6.07, 6.45) is 2.00. The summed E-state index contributed by atoms with van der Waals surface area (Å²) in [5, 5.41) is 4.19. The Bertz CT molecular complexity index is 1170. The van der Waals surface area contributed by atoms with E-state index in [1.165, 1.54) is 26.7 Å². The lowest BCUT2D eigenvalue weighted by atomic mass is 9.94. The third kappa shape index (κ3) is 4.42. The number of likely N-dealkylation sites (tertiary alicyclic amines) is 1. The van der Waals surface area contributed by atoms with Gasteiger partial charge < -0.3 is 10.2 Å². The van der Waals surface area contributed by atoms with Gasteiger partial charge in [0, 0.05) is 30.0 Å². The van der Waals surface area contributed by atoms with Gasteiger partial charge in [-0.25, -0.2) is 9.37 Å². The van der Waals surface area contributed by atoms with Crippen molar-refractivity contribution in [2.75, 3.05) is 18.4 Å². The molecule has 0 bridgehead atoms. The minimum Gasteiger partial charge on any atom is -0.321 e. The number of rotatable bonds is 5. The lowest BCUT2D eigenvalue weighted by molar-refractivity contribution is -0.926. The van der Waals surface area contributed by atoms with E-state index in [9.17, 15) is 9.18 Å². The molecule has 0 unspecified atom stereocenters. The summed E-state index contributed by atoms with van der Waals surface area (Å²) in [5.74, 6) is 0.0640. The highest BCUT2D eigenvalue weighted by Crippen LogP contribution is 2.32. The molecule has 0 aliphatic carbocycles. The van der Waals surface area contributed by atoms with Crippen molar-refractivity contribution in [2.45, 2.75) is 24.8 Å². The summed E-state index contributed by atoms with van der Waals surface area (Å²) in [4.78, 5) is 19.4. The second kappa shape index (κ2) is 9.18. The van der Waals surface area contributed by atoms with Gasteiger partial charge in [-0.2, -0.15) is 0 Å². The molecule has 1 fully saturated rings. The lowest BCUT2D eigenvalue weighted by Crippen LogP contribution is -3.14. The molecule has 3 aromatic carbocycles. The topological polar surface area (TPSA) is 46.4 Å². The van der Waals surface area contributed by atoms with Crippen LogP contribution in [0.3, 0.4) is 0 Å². The van der Waals surface area contributed by atoms with Crippen LogP contribution in [0.4, 0.5) is 10.1 Å². The van der Waals surface area contributed by atoms with Crippen molar-refractivity contribution in [2.24, 2.45) is 0 Å². The van der Waals surface area contributed by atoms with Gasteiger partial charge in [-0.15, -0.1) is 11.3 Å². The number of thiazole rings is 1. The second-order valence-electron chi connectivity index (χ2n) is 8.29. The van der Waals surface area contributed by atoms with Gasteiger partial charge in [-0.1, -0.05) is 42.5 Å². The summed E-state index contributed by atoms with van der Waals surface area (Å²) in [7, 11) is 0. The number of aromatic nitrogens is 1. The van der Waals surface area contributed by atoms with Crippen LogP contribution in [0.15, 0.2) is 78.9 Å². The number of benzene rings is 3. The van der Waals surface area contributed by atoms with Crippen LogP contribution >= 0.6 is 11.3 Å². The number of carbonyl (C=O) groups excluding carboxylic acids is 1. The molecule has 1 atom stereocenters. The zero-order valence-electron chi connectivity index (χ0n) is 17.6. The molecular weight excluding hydrogens is 421 g/mol. The lowest BCUT2D eigenvalue weighted by Gasteiger charge is -2.33. The molecule has 0 spiro atoms. The van der Waals surface area contributed by atoms with Crippen molar-refractivity contribution in [3.8, 4) is 0 Å². The molecule has 162 valence electrons. The number of nitrogens with zero attached hydrogens (tertiary/aromatic N) is 1. The Labute approximate surface area is 190 Å². The number of piperidine rings is 1.